The Hall–Kier alpha value is -1.89. The molecule has 4 rings (SSSR count). The van der Waals surface area contributed by atoms with Gasteiger partial charge in [-0.15, -0.1) is 0 Å². The van der Waals surface area contributed by atoms with Gasteiger partial charge in [0.05, 0.1) is 12.6 Å². The minimum Gasteiger partial charge on any atom is -0.460 e. The predicted molar refractivity (Wildman–Crippen MR) is 106 cm³/mol. The van der Waals surface area contributed by atoms with Gasteiger partial charge in [0.2, 0.25) is 12.2 Å². The van der Waals surface area contributed by atoms with Crippen molar-refractivity contribution < 1.29 is 14.3 Å². The van der Waals surface area contributed by atoms with Gasteiger partial charge in [0, 0.05) is 27.7 Å². The lowest BCUT2D eigenvalue weighted by molar-refractivity contribution is -0.125. The summed E-state index contributed by atoms with van der Waals surface area (Å²) in [5.41, 5.74) is 8.69. The number of carbonyl (C=O) groups is 1. The summed E-state index contributed by atoms with van der Waals surface area (Å²) < 4.78 is 13.2. The standard InChI is InChI=1S/C21H23BrN2O3/c22-17-10-15(12-24-9-5-4-8-18(24)20(23)25)19-16(11-17)13-26-21(27-19)14-6-2-1-3-7-14/h1-3,6-7,10-11,18,21H,4-5,8-9,12-13H2,(H2,23,25)/t18-,21-/m1/s1. The molecule has 2 aromatic rings. The molecule has 2 atom stereocenters. The number of hydrogen-bond donors (Lipinski definition) is 1. The van der Waals surface area contributed by atoms with E-state index in [0.717, 1.165) is 52.7 Å². The SMILES string of the molecule is NC(=O)[C@H]1CCCCN1Cc1cc(Br)cc2c1O[C@H](c1ccccc1)OC2. The first-order chi connectivity index (χ1) is 13.1. The van der Waals surface area contributed by atoms with E-state index in [-0.39, 0.29) is 11.9 Å². The fraction of sp³-hybridized carbons (Fsp3) is 0.381. The van der Waals surface area contributed by atoms with Crippen molar-refractivity contribution in [1.82, 2.24) is 4.90 Å². The number of fused-ring (bicyclic) bond motifs is 1. The number of ether oxygens (including phenoxy) is 2. The summed E-state index contributed by atoms with van der Waals surface area (Å²) in [5.74, 6) is 0.608. The molecule has 1 saturated heterocycles. The molecule has 0 saturated carbocycles. The third-order valence-electron chi connectivity index (χ3n) is 5.21. The zero-order chi connectivity index (χ0) is 18.8. The van der Waals surface area contributed by atoms with Crippen LogP contribution >= 0.6 is 15.9 Å². The molecule has 2 N–H and O–H groups in total. The van der Waals surface area contributed by atoms with Crippen molar-refractivity contribution in [3.05, 3.63) is 63.6 Å². The lowest BCUT2D eigenvalue weighted by atomic mass is 9.99. The van der Waals surface area contributed by atoms with E-state index in [1.165, 1.54) is 0 Å². The molecule has 2 heterocycles. The predicted octanol–water partition coefficient (Wildman–Crippen LogP) is 3.90. The van der Waals surface area contributed by atoms with E-state index in [0.29, 0.717) is 13.2 Å². The van der Waals surface area contributed by atoms with Crippen molar-refractivity contribution in [3.8, 4) is 5.75 Å². The van der Waals surface area contributed by atoms with Crippen LogP contribution in [0.3, 0.4) is 0 Å². The zero-order valence-corrected chi connectivity index (χ0v) is 16.7. The van der Waals surface area contributed by atoms with E-state index in [1.807, 2.05) is 36.4 Å². The largest absolute Gasteiger partial charge is 0.460 e. The summed E-state index contributed by atoms with van der Waals surface area (Å²) in [6.07, 6.45) is 2.52. The van der Waals surface area contributed by atoms with Crippen LogP contribution in [0.4, 0.5) is 0 Å². The molecule has 0 bridgehead atoms. The number of primary amides is 1. The van der Waals surface area contributed by atoms with Gasteiger partial charge in [0.25, 0.3) is 0 Å². The number of carbonyl (C=O) groups excluding carboxylic acids is 1. The lowest BCUT2D eigenvalue weighted by Gasteiger charge is -2.35. The number of amides is 1. The number of nitrogens with zero attached hydrogens (tertiary/aromatic N) is 1. The van der Waals surface area contributed by atoms with Gasteiger partial charge in [0.15, 0.2) is 0 Å². The topological polar surface area (TPSA) is 64.8 Å². The number of nitrogens with two attached hydrogens (primary N) is 1. The van der Waals surface area contributed by atoms with Gasteiger partial charge < -0.3 is 15.2 Å². The Morgan fingerprint density at radius 3 is 2.81 bits per heavy atom. The summed E-state index contributed by atoms with van der Waals surface area (Å²) in [5, 5.41) is 0. The minimum absolute atomic E-state index is 0.210. The number of hydrogen-bond acceptors (Lipinski definition) is 4. The quantitative estimate of drug-likeness (QED) is 0.798. The van der Waals surface area contributed by atoms with Gasteiger partial charge in [0.1, 0.15) is 5.75 Å². The molecule has 142 valence electrons. The van der Waals surface area contributed by atoms with Crippen LogP contribution in [0.5, 0.6) is 5.75 Å². The Kier molecular flexibility index (Phi) is 5.48. The van der Waals surface area contributed by atoms with Crippen LogP contribution in [0.15, 0.2) is 46.9 Å². The Morgan fingerprint density at radius 2 is 2.04 bits per heavy atom. The minimum atomic E-state index is -0.424. The van der Waals surface area contributed by atoms with E-state index in [2.05, 4.69) is 26.9 Å². The Balaban J connectivity index is 1.62. The molecule has 1 fully saturated rings. The van der Waals surface area contributed by atoms with Crippen LogP contribution in [-0.4, -0.2) is 23.4 Å². The molecule has 0 spiro atoms. The van der Waals surface area contributed by atoms with Crippen molar-refractivity contribution in [2.45, 2.75) is 44.7 Å². The number of rotatable bonds is 4. The highest BCUT2D eigenvalue weighted by molar-refractivity contribution is 9.10. The third-order valence-corrected chi connectivity index (χ3v) is 5.67. The maximum Gasteiger partial charge on any atom is 0.234 e. The molecular weight excluding hydrogens is 408 g/mol. The third kappa shape index (κ3) is 4.03. The molecule has 0 aliphatic carbocycles. The highest BCUT2D eigenvalue weighted by atomic mass is 79.9. The Labute approximate surface area is 167 Å². The number of halogens is 1. The fourth-order valence-corrected chi connectivity index (χ4v) is 4.44. The first kappa shape index (κ1) is 18.5. The average molecular weight is 431 g/mol. The maximum atomic E-state index is 11.9. The van der Waals surface area contributed by atoms with Crippen molar-refractivity contribution in [2.24, 2.45) is 5.73 Å². The first-order valence-corrected chi connectivity index (χ1v) is 10.1. The molecule has 0 unspecified atom stereocenters. The fourth-order valence-electron chi connectivity index (χ4n) is 3.89. The molecule has 2 aromatic carbocycles. The van der Waals surface area contributed by atoms with E-state index in [4.69, 9.17) is 15.2 Å². The second kappa shape index (κ2) is 8.00. The molecule has 27 heavy (non-hydrogen) atoms. The van der Waals surface area contributed by atoms with E-state index >= 15 is 0 Å². The molecule has 0 aromatic heterocycles. The van der Waals surface area contributed by atoms with Gasteiger partial charge in [-0.25, -0.2) is 0 Å². The van der Waals surface area contributed by atoms with Crippen molar-refractivity contribution in [3.63, 3.8) is 0 Å². The van der Waals surface area contributed by atoms with Crippen LogP contribution in [0.25, 0.3) is 0 Å². The molecule has 0 radical (unpaired) electrons. The number of likely N-dealkylation sites (tertiary alicyclic amines) is 1. The highest BCUT2D eigenvalue weighted by Gasteiger charge is 2.30. The lowest BCUT2D eigenvalue weighted by Crippen LogP contribution is -2.47. The summed E-state index contributed by atoms with van der Waals surface area (Å²) in [6.45, 7) is 1.99. The van der Waals surface area contributed by atoms with Crippen LogP contribution in [0.2, 0.25) is 0 Å². The van der Waals surface area contributed by atoms with Crippen LogP contribution < -0.4 is 10.5 Å². The van der Waals surface area contributed by atoms with Crippen LogP contribution in [-0.2, 0) is 22.7 Å². The smallest absolute Gasteiger partial charge is 0.234 e. The Morgan fingerprint density at radius 1 is 1.22 bits per heavy atom. The number of benzene rings is 2. The van der Waals surface area contributed by atoms with Gasteiger partial charge in [-0.3, -0.25) is 9.69 Å². The van der Waals surface area contributed by atoms with Gasteiger partial charge in [-0.05, 0) is 31.5 Å². The van der Waals surface area contributed by atoms with E-state index in [9.17, 15) is 4.79 Å². The van der Waals surface area contributed by atoms with Crippen molar-refractivity contribution >= 4 is 21.8 Å². The first-order valence-electron chi connectivity index (χ1n) is 9.29. The second-order valence-electron chi connectivity index (χ2n) is 7.11. The maximum absolute atomic E-state index is 11.9. The molecule has 6 heteroatoms. The zero-order valence-electron chi connectivity index (χ0n) is 15.1. The van der Waals surface area contributed by atoms with E-state index in [1.54, 1.807) is 0 Å². The number of piperidine rings is 1. The summed E-state index contributed by atoms with van der Waals surface area (Å²) in [7, 11) is 0. The summed E-state index contributed by atoms with van der Waals surface area (Å²) in [4.78, 5) is 14.0. The molecular formula is C21H23BrN2O3. The van der Waals surface area contributed by atoms with Gasteiger partial charge >= 0.3 is 0 Å². The summed E-state index contributed by atoms with van der Waals surface area (Å²) >= 11 is 3.59. The second-order valence-corrected chi connectivity index (χ2v) is 8.02. The molecule has 2 aliphatic heterocycles. The van der Waals surface area contributed by atoms with Gasteiger partial charge in [-0.2, -0.15) is 0 Å². The molecule has 5 nitrogen and oxygen atoms in total. The van der Waals surface area contributed by atoms with Crippen molar-refractivity contribution in [1.29, 1.82) is 0 Å². The van der Waals surface area contributed by atoms with E-state index < -0.39 is 6.29 Å². The average Bonchev–Trinajstić information content (AvgIpc) is 2.68. The highest BCUT2D eigenvalue weighted by Crippen LogP contribution is 2.38. The van der Waals surface area contributed by atoms with Crippen molar-refractivity contribution in [2.75, 3.05) is 6.54 Å². The van der Waals surface area contributed by atoms with Crippen LogP contribution in [0, 0.1) is 0 Å². The summed E-state index contributed by atoms with van der Waals surface area (Å²) in [6, 6.07) is 13.8. The Bertz CT molecular complexity index is 828. The molecule has 2 aliphatic rings. The molecule has 1 amide bonds. The normalized spacial score (nSPS) is 22.7. The van der Waals surface area contributed by atoms with Gasteiger partial charge in [-0.1, -0.05) is 52.7 Å². The monoisotopic (exact) mass is 430 g/mol. The van der Waals surface area contributed by atoms with Crippen LogP contribution in [0.1, 0.15) is 42.2 Å².